The van der Waals surface area contributed by atoms with Gasteiger partial charge in [0.1, 0.15) is 6.10 Å². The monoisotopic (exact) mass is 420 g/mol. The Bertz CT molecular complexity index is 860. The van der Waals surface area contributed by atoms with Gasteiger partial charge in [-0.25, -0.2) is 4.98 Å². The molecule has 1 fully saturated rings. The van der Waals surface area contributed by atoms with Gasteiger partial charge in [-0.2, -0.15) is 26.3 Å². The minimum Gasteiger partial charge on any atom is -0.472 e. The van der Waals surface area contributed by atoms with E-state index in [1.807, 2.05) is 0 Å². The molecule has 2 aromatic rings. The molecule has 29 heavy (non-hydrogen) atoms. The summed E-state index contributed by atoms with van der Waals surface area (Å²) in [7, 11) is 0. The van der Waals surface area contributed by atoms with Gasteiger partial charge in [-0.3, -0.25) is 4.79 Å². The van der Waals surface area contributed by atoms with Crippen molar-refractivity contribution >= 4 is 11.6 Å². The maximum Gasteiger partial charge on any atom is 0.416 e. The molecule has 1 aromatic carbocycles. The number of anilines is 1. The number of hydrogen-bond acceptors (Lipinski definition) is 4. The molecule has 1 N–H and O–H groups in total. The number of alkyl halides is 6. The number of nitrogens with one attached hydrogen (secondary N) is 1. The minimum atomic E-state index is -5.01. The maximum absolute atomic E-state index is 12.9. The Kier molecular flexibility index (Phi) is 5.69. The van der Waals surface area contributed by atoms with Gasteiger partial charge >= 0.3 is 12.4 Å². The second-order valence-corrected chi connectivity index (χ2v) is 6.23. The number of halogens is 6. The van der Waals surface area contributed by atoms with Crippen LogP contribution >= 0.6 is 0 Å². The zero-order chi connectivity index (χ0) is 21.2. The molecule has 1 aliphatic rings. The van der Waals surface area contributed by atoms with Crippen LogP contribution in [-0.4, -0.2) is 30.2 Å². The molecule has 1 aliphatic heterocycles. The topological polar surface area (TPSA) is 60.5 Å². The Morgan fingerprint density at radius 1 is 1.07 bits per heavy atom. The summed E-state index contributed by atoms with van der Waals surface area (Å²) in [6, 6.07) is 3.35. The highest BCUT2D eigenvalue weighted by Crippen LogP contribution is 2.37. The maximum atomic E-state index is 12.9. The van der Waals surface area contributed by atoms with E-state index in [1.165, 1.54) is 18.3 Å². The van der Waals surface area contributed by atoms with E-state index in [0.717, 1.165) is 0 Å². The van der Waals surface area contributed by atoms with Gasteiger partial charge in [0.25, 0.3) is 5.91 Å². The van der Waals surface area contributed by atoms with Crippen molar-refractivity contribution in [3.05, 3.63) is 53.2 Å². The average molecular weight is 420 g/mol. The molecular weight excluding hydrogens is 406 g/mol. The highest BCUT2D eigenvalue weighted by atomic mass is 19.4. The van der Waals surface area contributed by atoms with Crippen LogP contribution in [0, 0.1) is 0 Å². The lowest BCUT2D eigenvalue weighted by Gasteiger charge is -2.15. The van der Waals surface area contributed by atoms with Crippen LogP contribution < -0.4 is 10.1 Å². The first-order valence-corrected chi connectivity index (χ1v) is 8.33. The van der Waals surface area contributed by atoms with Crippen molar-refractivity contribution in [2.45, 2.75) is 24.9 Å². The van der Waals surface area contributed by atoms with Crippen molar-refractivity contribution in [3.63, 3.8) is 0 Å². The molecule has 0 bridgehead atoms. The second kappa shape index (κ2) is 7.90. The Morgan fingerprint density at radius 3 is 2.28 bits per heavy atom. The van der Waals surface area contributed by atoms with Gasteiger partial charge in [0.05, 0.1) is 24.3 Å². The summed E-state index contributed by atoms with van der Waals surface area (Å²) in [5.74, 6) is -0.819. The fourth-order valence-electron chi connectivity index (χ4n) is 2.62. The molecule has 1 atom stereocenters. The molecule has 3 rings (SSSR count). The number of benzene rings is 1. The van der Waals surface area contributed by atoms with Gasteiger partial charge in [0.15, 0.2) is 0 Å². The third-order valence-corrected chi connectivity index (χ3v) is 4.02. The number of ether oxygens (including phenoxy) is 2. The van der Waals surface area contributed by atoms with Crippen LogP contribution in [0.25, 0.3) is 0 Å². The average Bonchev–Trinajstić information content (AvgIpc) is 3.13. The van der Waals surface area contributed by atoms with E-state index in [-0.39, 0.29) is 23.6 Å². The largest absolute Gasteiger partial charge is 0.472 e. The first kappa shape index (κ1) is 20.9. The highest BCUT2D eigenvalue weighted by Gasteiger charge is 2.37. The highest BCUT2D eigenvalue weighted by molar-refractivity contribution is 6.04. The lowest BCUT2D eigenvalue weighted by atomic mass is 10.1. The van der Waals surface area contributed by atoms with Crippen LogP contribution in [0.5, 0.6) is 5.88 Å². The molecule has 1 saturated heterocycles. The van der Waals surface area contributed by atoms with E-state index in [1.54, 1.807) is 0 Å². The van der Waals surface area contributed by atoms with Gasteiger partial charge in [-0.05, 0) is 24.3 Å². The molecule has 11 heteroatoms. The minimum absolute atomic E-state index is 0.0162. The Balaban J connectivity index is 1.83. The van der Waals surface area contributed by atoms with Gasteiger partial charge in [0.2, 0.25) is 5.88 Å². The van der Waals surface area contributed by atoms with Crippen LogP contribution in [0.1, 0.15) is 27.9 Å². The molecule has 1 aromatic heterocycles. The lowest BCUT2D eigenvalue weighted by molar-refractivity contribution is -0.143. The summed E-state index contributed by atoms with van der Waals surface area (Å²) < 4.78 is 88.2. The van der Waals surface area contributed by atoms with E-state index >= 15 is 0 Å². The smallest absolute Gasteiger partial charge is 0.416 e. The number of carbonyl (C=O) groups is 1. The van der Waals surface area contributed by atoms with Crippen molar-refractivity contribution in [3.8, 4) is 5.88 Å². The summed E-state index contributed by atoms with van der Waals surface area (Å²) in [5.41, 5.74) is -3.73. The number of hydrogen-bond donors (Lipinski definition) is 1. The molecule has 1 unspecified atom stereocenters. The van der Waals surface area contributed by atoms with Crippen LogP contribution in [0.3, 0.4) is 0 Å². The summed E-state index contributed by atoms with van der Waals surface area (Å²) in [6.45, 7) is 0.866. The number of rotatable bonds is 4. The van der Waals surface area contributed by atoms with E-state index in [4.69, 9.17) is 9.47 Å². The molecule has 1 amide bonds. The molecular formula is C18H14F6N2O3. The summed E-state index contributed by atoms with van der Waals surface area (Å²) in [6.07, 6.45) is -8.40. The molecule has 0 radical (unpaired) electrons. The molecule has 156 valence electrons. The second-order valence-electron chi connectivity index (χ2n) is 6.23. The standard InChI is InChI=1S/C18H14F6N2O3/c19-17(20,21)11-6-12(18(22,23)24)8-13(7-11)26-16(27)10-1-3-25-15(5-10)29-14-2-4-28-9-14/h1,3,5-8,14H,2,4,9H2,(H,26,27). The normalized spacial score (nSPS) is 17.2. The molecule has 0 aliphatic carbocycles. The number of aromatic nitrogens is 1. The number of pyridine rings is 1. The van der Waals surface area contributed by atoms with E-state index in [9.17, 15) is 31.1 Å². The number of carbonyl (C=O) groups excluding carboxylic acids is 1. The molecule has 2 heterocycles. The van der Waals surface area contributed by atoms with Gasteiger partial charge < -0.3 is 14.8 Å². The molecule has 0 spiro atoms. The summed E-state index contributed by atoms with van der Waals surface area (Å²) >= 11 is 0. The Labute approximate surface area is 160 Å². The number of nitrogens with zero attached hydrogens (tertiary/aromatic N) is 1. The van der Waals surface area contributed by atoms with Gasteiger partial charge in [-0.15, -0.1) is 0 Å². The van der Waals surface area contributed by atoms with E-state index in [0.29, 0.717) is 31.8 Å². The Morgan fingerprint density at radius 2 is 1.72 bits per heavy atom. The van der Waals surface area contributed by atoms with Crippen LogP contribution in [0.4, 0.5) is 32.0 Å². The van der Waals surface area contributed by atoms with Crippen LogP contribution in [0.15, 0.2) is 36.5 Å². The van der Waals surface area contributed by atoms with Gasteiger partial charge in [-0.1, -0.05) is 0 Å². The lowest BCUT2D eigenvalue weighted by Crippen LogP contribution is -2.18. The third-order valence-electron chi connectivity index (χ3n) is 4.02. The summed E-state index contributed by atoms with van der Waals surface area (Å²) in [5, 5.41) is 2.06. The van der Waals surface area contributed by atoms with Crippen LogP contribution in [-0.2, 0) is 17.1 Å². The first-order valence-electron chi connectivity index (χ1n) is 8.33. The fraction of sp³-hybridized carbons (Fsp3) is 0.333. The first-order chi connectivity index (χ1) is 13.5. The number of amides is 1. The van der Waals surface area contributed by atoms with E-state index < -0.39 is 35.1 Å². The van der Waals surface area contributed by atoms with Crippen molar-refractivity contribution in [1.82, 2.24) is 4.98 Å². The van der Waals surface area contributed by atoms with E-state index in [2.05, 4.69) is 10.3 Å². The predicted octanol–water partition coefficient (Wildman–Crippen LogP) is 4.54. The van der Waals surface area contributed by atoms with Crippen molar-refractivity contribution in [2.75, 3.05) is 18.5 Å². The summed E-state index contributed by atoms with van der Waals surface area (Å²) in [4.78, 5) is 16.3. The fourth-order valence-corrected chi connectivity index (χ4v) is 2.62. The third kappa shape index (κ3) is 5.37. The quantitative estimate of drug-likeness (QED) is 0.738. The van der Waals surface area contributed by atoms with Crippen molar-refractivity contribution < 1.29 is 40.6 Å². The zero-order valence-corrected chi connectivity index (χ0v) is 14.6. The Hall–Kier alpha value is -2.82. The van der Waals surface area contributed by atoms with Gasteiger partial charge in [0, 0.05) is 29.9 Å². The molecule has 5 nitrogen and oxygen atoms in total. The van der Waals surface area contributed by atoms with Crippen molar-refractivity contribution in [1.29, 1.82) is 0 Å². The SMILES string of the molecule is O=C(Nc1cc(C(F)(F)F)cc(C(F)(F)F)c1)c1ccnc(OC2CCOC2)c1. The van der Waals surface area contributed by atoms with Crippen molar-refractivity contribution in [2.24, 2.45) is 0 Å². The van der Waals surface area contributed by atoms with Crippen LogP contribution in [0.2, 0.25) is 0 Å². The molecule has 0 saturated carbocycles. The predicted molar refractivity (Wildman–Crippen MR) is 88.5 cm³/mol. The zero-order valence-electron chi connectivity index (χ0n) is 14.6.